The van der Waals surface area contributed by atoms with E-state index in [4.69, 9.17) is 23.2 Å². The van der Waals surface area contributed by atoms with Crippen LogP contribution in [0, 0.1) is 5.92 Å². The second-order valence-corrected chi connectivity index (χ2v) is 9.94. The maximum atomic E-state index is 13.4. The topological polar surface area (TPSA) is 52.7 Å². The Morgan fingerprint density at radius 2 is 1.69 bits per heavy atom. The van der Waals surface area contributed by atoms with Gasteiger partial charge in [0.25, 0.3) is 5.91 Å². The van der Waals surface area contributed by atoms with Gasteiger partial charge in [0.05, 0.1) is 16.6 Å². The molecule has 2 aromatic rings. The molecule has 2 atom stereocenters. The van der Waals surface area contributed by atoms with Crippen LogP contribution < -0.4 is 5.32 Å². The quantitative estimate of drug-likeness (QED) is 0.603. The molecule has 0 spiro atoms. The highest BCUT2D eigenvalue weighted by molar-refractivity contribution is 6.31. The molecule has 0 unspecified atom stereocenters. The fourth-order valence-corrected chi connectivity index (χ4v) is 5.30. The zero-order valence-corrected chi connectivity index (χ0v) is 20.6. The van der Waals surface area contributed by atoms with Crippen molar-refractivity contribution < 1.29 is 22.8 Å². The van der Waals surface area contributed by atoms with E-state index in [1.165, 1.54) is 11.0 Å². The third kappa shape index (κ3) is 5.60. The molecular formula is C25H26Cl2F3N3O2. The number of halogens is 5. The summed E-state index contributed by atoms with van der Waals surface area (Å²) >= 11 is 11.8. The molecule has 10 heteroatoms. The van der Waals surface area contributed by atoms with Crippen molar-refractivity contribution in [2.24, 2.45) is 5.92 Å². The number of nitrogens with zero attached hydrogens (tertiary/aromatic N) is 2. The number of carbonyl (C=O) groups excluding carboxylic acids is 2. The predicted molar refractivity (Wildman–Crippen MR) is 129 cm³/mol. The SMILES string of the molecule is CN(C(=O)c1ccc(Cl)c(C(F)(F)F)c1)[C@@H]1CN(C(=O)C2CCNCC2)C[C@H]1c1ccc(Cl)cc1. The Morgan fingerprint density at radius 1 is 1.03 bits per heavy atom. The average molecular weight is 528 g/mol. The monoisotopic (exact) mass is 527 g/mol. The number of amides is 2. The number of alkyl halides is 3. The number of hydrogen-bond acceptors (Lipinski definition) is 3. The Morgan fingerprint density at radius 3 is 2.31 bits per heavy atom. The number of piperidine rings is 1. The first kappa shape index (κ1) is 25.8. The van der Waals surface area contributed by atoms with E-state index in [2.05, 4.69) is 5.32 Å². The summed E-state index contributed by atoms with van der Waals surface area (Å²) in [5.74, 6) is -0.791. The Kier molecular flexibility index (Phi) is 7.64. The highest BCUT2D eigenvalue weighted by atomic mass is 35.5. The molecule has 0 radical (unpaired) electrons. The summed E-state index contributed by atoms with van der Waals surface area (Å²) in [5, 5.41) is 3.36. The number of likely N-dealkylation sites (tertiary alicyclic amines) is 1. The van der Waals surface area contributed by atoms with Crippen LogP contribution in [0.5, 0.6) is 0 Å². The molecule has 5 nitrogen and oxygen atoms in total. The normalized spacial score (nSPS) is 21.3. The van der Waals surface area contributed by atoms with Crippen LogP contribution in [0.25, 0.3) is 0 Å². The highest BCUT2D eigenvalue weighted by Crippen LogP contribution is 2.37. The van der Waals surface area contributed by atoms with E-state index in [0.717, 1.165) is 43.6 Å². The third-order valence-electron chi connectivity index (χ3n) is 6.92. The largest absolute Gasteiger partial charge is 0.417 e. The van der Waals surface area contributed by atoms with Gasteiger partial charge in [-0.25, -0.2) is 0 Å². The lowest BCUT2D eigenvalue weighted by molar-refractivity contribution is -0.137. The Bertz CT molecular complexity index is 1090. The zero-order valence-electron chi connectivity index (χ0n) is 19.1. The predicted octanol–water partition coefficient (Wildman–Crippen LogP) is 5.08. The van der Waals surface area contributed by atoms with E-state index >= 15 is 0 Å². The number of carbonyl (C=O) groups is 2. The van der Waals surface area contributed by atoms with E-state index in [0.29, 0.717) is 18.1 Å². The van der Waals surface area contributed by atoms with Gasteiger partial charge in [-0.1, -0.05) is 35.3 Å². The Balaban J connectivity index is 1.62. The van der Waals surface area contributed by atoms with E-state index < -0.39 is 28.7 Å². The molecule has 2 saturated heterocycles. The second-order valence-electron chi connectivity index (χ2n) is 9.10. The molecule has 35 heavy (non-hydrogen) atoms. The van der Waals surface area contributed by atoms with E-state index in [1.54, 1.807) is 24.1 Å². The van der Waals surface area contributed by atoms with E-state index in [1.807, 2.05) is 12.1 Å². The lowest BCUT2D eigenvalue weighted by Gasteiger charge is -2.30. The average Bonchev–Trinajstić information content (AvgIpc) is 3.28. The number of benzene rings is 2. The smallest absolute Gasteiger partial charge is 0.340 e. The summed E-state index contributed by atoms with van der Waals surface area (Å²) in [7, 11) is 1.57. The summed E-state index contributed by atoms with van der Waals surface area (Å²) in [6.07, 6.45) is -3.17. The van der Waals surface area contributed by atoms with Gasteiger partial charge in [-0.05, 0) is 61.8 Å². The van der Waals surface area contributed by atoms with Crippen LogP contribution in [0.1, 0.15) is 40.2 Å². The van der Waals surface area contributed by atoms with Gasteiger partial charge in [0.15, 0.2) is 0 Å². The van der Waals surface area contributed by atoms with Gasteiger partial charge in [-0.2, -0.15) is 13.2 Å². The minimum absolute atomic E-state index is 0.0552. The van der Waals surface area contributed by atoms with Gasteiger partial charge in [0, 0.05) is 42.6 Å². The number of hydrogen-bond donors (Lipinski definition) is 1. The number of nitrogens with one attached hydrogen (secondary N) is 1. The first-order valence-corrected chi connectivity index (χ1v) is 12.2. The van der Waals surface area contributed by atoms with Gasteiger partial charge in [0.1, 0.15) is 0 Å². The third-order valence-corrected chi connectivity index (χ3v) is 7.51. The van der Waals surface area contributed by atoms with Gasteiger partial charge in [-0.3, -0.25) is 9.59 Å². The second kappa shape index (κ2) is 10.4. The van der Waals surface area contributed by atoms with Crippen molar-refractivity contribution in [3.63, 3.8) is 0 Å². The maximum Gasteiger partial charge on any atom is 0.417 e. The summed E-state index contributed by atoms with van der Waals surface area (Å²) in [6.45, 7) is 2.29. The van der Waals surface area contributed by atoms with Crippen molar-refractivity contribution in [1.82, 2.24) is 15.1 Å². The van der Waals surface area contributed by atoms with E-state index in [-0.39, 0.29) is 23.3 Å². The first-order valence-electron chi connectivity index (χ1n) is 11.4. The summed E-state index contributed by atoms with van der Waals surface area (Å²) < 4.78 is 40.1. The van der Waals surface area contributed by atoms with Crippen LogP contribution in [0.4, 0.5) is 13.2 Å². The fourth-order valence-electron chi connectivity index (χ4n) is 4.95. The molecule has 2 heterocycles. The van der Waals surface area contributed by atoms with Gasteiger partial charge in [-0.15, -0.1) is 0 Å². The molecule has 0 saturated carbocycles. The molecule has 2 aromatic carbocycles. The summed E-state index contributed by atoms with van der Waals surface area (Å²) in [6, 6.07) is 9.97. The molecule has 0 aliphatic carbocycles. The van der Waals surface area contributed by atoms with Crippen molar-refractivity contribution in [2.75, 3.05) is 33.2 Å². The highest BCUT2D eigenvalue weighted by Gasteiger charge is 2.42. The molecule has 0 aromatic heterocycles. The molecule has 2 aliphatic rings. The molecule has 2 aliphatic heterocycles. The van der Waals surface area contributed by atoms with Gasteiger partial charge in [0.2, 0.25) is 5.91 Å². The van der Waals surface area contributed by atoms with Crippen molar-refractivity contribution in [3.05, 3.63) is 69.2 Å². The molecule has 4 rings (SSSR count). The Hall–Kier alpha value is -2.29. The molecule has 1 N–H and O–H groups in total. The number of likely N-dealkylation sites (N-methyl/N-ethyl adjacent to an activating group) is 1. The van der Waals surface area contributed by atoms with Crippen LogP contribution in [-0.4, -0.2) is 60.9 Å². The van der Waals surface area contributed by atoms with Crippen LogP contribution in [0.3, 0.4) is 0 Å². The van der Waals surface area contributed by atoms with Crippen LogP contribution >= 0.6 is 23.2 Å². The van der Waals surface area contributed by atoms with Crippen molar-refractivity contribution in [3.8, 4) is 0 Å². The molecule has 188 valence electrons. The first-order chi connectivity index (χ1) is 16.6. The van der Waals surface area contributed by atoms with Crippen molar-refractivity contribution in [1.29, 1.82) is 0 Å². The maximum absolute atomic E-state index is 13.4. The lowest BCUT2D eigenvalue weighted by Crippen LogP contribution is -2.43. The molecule has 2 amide bonds. The van der Waals surface area contributed by atoms with Crippen molar-refractivity contribution in [2.45, 2.75) is 31.0 Å². The molecule has 2 fully saturated rings. The zero-order chi connectivity index (χ0) is 25.3. The number of rotatable bonds is 4. The van der Waals surface area contributed by atoms with Crippen LogP contribution in [0.15, 0.2) is 42.5 Å². The van der Waals surface area contributed by atoms with Gasteiger partial charge < -0.3 is 15.1 Å². The summed E-state index contributed by atoms with van der Waals surface area (Å²) in [5.41, 5.74) is -0.254. The minimum atomic E-state index is -4.68. The van der Waals surface area contributed by atoms with Gasteiger partial charge >= 0.3 is 6.18 Å². The molecular weight excluding hydrogens is 502 g/mol. The Labute approximate surface area is 212 Å². The molecule has 0 bridgehead atoms. The standard InChI is InChI=1S/C25H26Cl2F3N3O2/c1-32(23(34)17-4-7-21(27)20(12-17)25(28,29)30)22-14-33(24(35)16-8-10-31-11-9-16)13-19(22)15-2-5-18(26)6-3-15/h2-7,12,16,19,22,31H,8-11,13-14H2,1H3/t19-,22+/m0/s1. The minimum Gasteiger partial charge on any atom is -0.340 e. The fraction of sp³-hybridized carbons (Fsp3) is 0.440. The lowest BCUT2D eigenvalue weighted by atomic mass is 9.93. The van der Waals surface area contributed by atoms with E-state index in [9.17, 15) is 22.8 Å². The van der Waals surface area contributed by atoms with Crippen LogP contribution in [-0.2, 0) is 11.0 Å². The van der Waals surface area contributed by atoms with Crippen molar-refractivity contribution >= 4 is 35.0 Å². The summed E-state index contributed by atoms with van der Waals surface area (Å²) in [4.78, 5) is 29.8. The van der Waals surface area contributed by atoms with Crippen LogP contribution in [0.2, 0.25) is 10.0 Å².